The quantitative estimate of drug-likeness (QED) is 0.735. The maximum atomic E-state index is 5.61. The average molecular weight is 188 g/mol. The molecule has 0 bridgehead atoms. The topological polar surface area (TPSA) is 56.7 Å². The smallest absolute Gasteiger partial charge is 0.123 e. The number of nitrogens with zero attached hydrogens (tertiary/aromatic N) is 3. The lowest BCUT2D eigenvalue weighted by atomic mass is 10.1. The molecule has 0 spiro atoms. The average Bonchev–Trinajstić information content (AvgIpc) is 2.48. The number of nitrogens with two attached hydrogens (primary N) is 1. The van der Waals surface area contributed by atoms with Crippen LogP contribution >= 0.6 is 0 Å². The van der Waals surface area contributed by atoms with Gasteiger partial charge in [-0.3, -0.25) is 4.68 Å². The highest BCUT2D eigenvalue weighted by Gasteiger charge is 2.06. The molecule has 0 atom stereocenters. The molecular weight excluding hydrogens is 176 g/mol. The van der Waals surface area contributed by atoms with Crippen molar-refractivity contribution in [3.63, 3.8) is 0 Å². The highest BCUT2D eigenvalue weighted by molar-refractivity contribution is 5.67. The molecule has 0 radical (unpaired) electrons. The second kappa shape index (κ2) is 3.14. The van der Waals surface area contributed by atoms with Gasteiger partial charge in [0.05, 0.1) is 6.20 Å². The Labute approximate surface area is 82.4 Å². The summed E-state index contributed by atoms with van der Waals surface area (Å²) in [5, 5.41) is 4.18. The first kappa shape index (κ1) is 8.74. The van der Waals surface area contributed by atoms with E-state index in [1.165, 1.54) is 0 Å². The summed E-state index contributed by atoms with van der Waals surface area (Å²) in [6, 6.07) is 3.78. The van der Waals surface area contributed by atoms with Crippen LogP contribution in [0, 0.1) is 6.92 Å². The normalized spacial score (nSPS) is 10.4. The summed E-state index contributed by atoms with van der Waals surface area (Å²) >= 11 is 0. The lowest BCUT2D eigenvalue weighted by Crippen LogP contribution is -1.93. The molecule has 14 heavy (non-hydrogen) atoms. The first-order valence-electron chi connectivity index (χ1n) is 4.39. The number of pyridine rings is 1. The monoisotopic (exact) mass is 188 g/mol. The van der Waals surface area contributed by atoms with Crippen molar-refractivity contribution < 1.29 is 0 Å². The minimum atomic E-state index is 0.533. The third-order valence-electron chi connectivity index (χ3n) is 2.33. The SMILES string of the molecule is Cc1c(-c2ccnc(N)c2)cnn1C. The fraction of sp³-hybridized carbons (Fsp3) is 0.200. The molecule has 0 saturated carbocycles. The summed E-state index contributed by atoms with van der Waals surface area (Å²) in [6.07, 6.45) is 3.54. The van der Waals surface area contributed by atoms with Gasteiger partial charge in [0.2, 0.25) is 0 Å². The Hall–Kier alpha value is -1.84. The molecule has 0 fully saturated rings. The fourth-order valence-electron chi connectivity index (χ4n) is 1.40. The van der Waals surface area contributed by atoms with E-state index in [4.69, 9.17) is 5.73 Å². The standard InChI is InChI=1S/C10H12N4/c1-7-9(6-13-14(7)2)8-3-4-12-10(11)5-8/h3-6H,1-2H3,(H2,11,12). The molecule has 4 nitrogen and oxygen atoms in total. The van der Waals surface area contributed by atoms with Gasteiger partial charge in [0.15, 0.2) is 0 Å². The second-order valence-corrected chi connectivity index (χ2v) is 3.24. The zero-order valence-corrected chi connectivity index (χ0v) is 8.23. The number of nitrogen functional groups attached to an aromatic ring is 1. The molecule has 0 aliphatic carbocycles. The van der Waals surface area contributed by atoms with Crippen molar-refractivity contribution in [2.75, 3.05) is 5.73 Å². The number of rotatable bonds is 1. The van der Waals surface area contributed by atoms with E-state index in [1.807, 2.05) is 37.0 Å². The third-order valence-corrected chi connectivity index (χ3v) is 2.33. The zero-order valence-electron chi connectivity index (χ0n) is 8.23. The summed E-state index contributed by atoms with van der Waals surface area (Å²) in [5.41, 5.74) is 8.89. The van der Waals surface area contributed by atoms with E-state index >= 15 is 0 Å². The van der Waals surface area contributed by atoms with Crippen LogP contribution in [0.15, 0.2) is 24.5 Å². The van der Waals surface area contributed by atoms with Gasteiger partial charge in [0.1, 0.15) is 5.82 Å². The number of hydrogen-bond donors (Lipinski definition) is 1. The van der Waals surface area contributed by atoms with Crippen molar-refractivity contribution in [3.8, 4) is 11.1 Å². The van der Waals surface area contributed by atoms with Crippen LogP contribution in [0.2, 0.25) is 0 Å². The molecule has 2 heterocycles. The van der Waals surface area contributed by atoms with E-state index in [1.54, 1.807) is 6.20 Å². The maximum absolute atomic E-state index is 5.61. The van der Waals surface area contributed by atoms with Gasteiger partial charge in [0.25, 0.3) is 0 Å². The Balaban J connectivity index is 2.55. The van der Waals surface area contributed by atoms with Gasteiger partial charge in [-0.05, 0) is 24.6 Å². The highest BCUT2D eigenvalue weighted by Crippen LogP contribution is 2.22. The molecule has 0 aliphatic rings. The van der Waals surface area contributed by atoms with E-state index in [0.29, 0.717) is 5.82 Å². The first-order valence-corrected chi connectivity index (χ1v) is 4.39. The van der Waals surface area contributed by atoms with Crippen molar-refractivity contribution >= 4 is 5.82 Å². The number of aromatic nitrogens is 3. The Morgan fingerprint density at radius 1 is 1.43 bits per heavy atom. The summed E-state index contributed by atoms with van der Waals surface area (Å²) in [6.45, 7) is 2.03. The lowest BCUT2D eigenvalue weighted by Gasteiger charge is -2.01. The molecule has 2 aromatic rings. The number of anilines is 1. The van der Waals surface area contributed by atoms with Gasteiger partial charge in [-0.15, -0.1) is 0 Å². The van der Waals surface area contributed by atoms with Crippen molar-refractivity contribution in [2.45, 2.75) is 6.92 Å². The van der Waals surface area contributed by atoms with Gasteiger partial charge in [0, 0.05) is 24.5 Å². The van der Waals surface area contributed by atoms with Crippen LogP contribution in [-0.2, 0) is 7.05 Å². The van der Waals surface area contributed by atoms with Crippen molar-refractivity contribution in [1.29, 1.82) is 0 Å². The van der Waals surface area contributed by atoms with E-state index in [-0.39, 0.29) is 0 Å². The van der Waals surface area contributed by atoms with E-state index in [2.05, 4.69) is 10.1 Å². The summed E-state index contributed by atoms with van der Waals surface area (Å²) in [5.74, 6) is 0.533. The van der Waals surface area contributed by atoms with Crippen LogP contribution in [-0.4, -0.2) is 14.8 Å². The molecule has 0 amide bonds. The Kier molecular flexibility index (Phi) is 1.96. The van der Waals surface area contributed by atoms with Crippen LogP contribution < -0.4 is 5.73 Å². The van der Waals surface area contributed by atoms with Crippen LogP contribution in [0.4, 0.5) is 5.82 Å². The summed E-state index contributed by atoms with van der Waals surface area (Å²) in [4.78, 5) is 3.95. The largest absolute Gasteiger partial charge is 0.384 e. The van der Waals surface area contributed by atoms with Gasteiger partial charge in [-0.2, -0.15) is 5.10 Å². The molecule has 2 N–H and O–H groups in total. The molecular formula is C10H12N4. The van der Waals surface area contributed by atoms with Crippen LogP contribution in [0.1, 0.15) is 5.69 Å². The fourth-order valence-corrected chi connectivity index (χ4v) is 1.40. The van der Waals surface area contributed by atoms with Crippen molar-refractivity contribution in [2.24, 2.45) is 7.05 Å². The Bertz CT molecular complexity index is 459. The molecule has 0 unspecified atom stereocenters. The Morgan fingerprint density at radius 3 is 2.79 bits per heavy atom. The van der Waals surface area contributed by atoms with Gasteiger partial charge in [-0.1, -0.05) is 0 Å². The number of aryl methyl sites for hydroxylation is 1. The van der Waals surface area contributed by atoms with Crippen molar-refractivity contribution in [3.05, 3.63) is 30.2 Å². The molecule has 0 aromatic carbocycles. The third kappa shape index (κ3) is 1.35. The first-order chi connectivity index (χ1) is 6.68. The molecule has 2 rings (SSSR count). The van der Waals surface area contributed by atoms with E-state index < -0.39 is 0 Å². The predicted octanol–water partition coefficient (Wildman–Crippen LogP) is 1.37. The van der Waals surface area contributed by atoms with Crippen LogP contribution in [0.25, 0.3) is 11.1 Å². The van der Waals surface area contributed by atoms with Crippen molar-refractivity contribution in [1.82, 2.24) is 14.8 Å². The Morgan fingerprint density at radius 2 is 2.21 bits per heavy atom. The second-order valence-electron chi connectivity index (χ2n) is 3.24. The van der Waals surface area contributed by atoms with E-state index in [0.717, 1.165) is 16.8 Å². The van der Waals surface area contributed by atoms with Gasteiger partial charge >= 0.3 is 0 Å². The molecule has 2 aromatic heterocycles. The minimum absolute atomic E-state index is 0.533. The highest BCUT2D eigenvalue weighted by atomic mass is 15.3. The molecule has 72 valence electrons. The van der Waals surface area contributed by atoms with Crippen LogP contribution in [0.3, 0.4) is 0 Å². The van der Waals surface area contributed by atoms with E-state index in [9.17, 15) is 0 Å². The molecule has 4 heteroatoms. The number of hydrogen-bond acceptors (Lipinski definition) is 3. The minimum Gasteiger partial charge on any atom is -0.384 e. The zero-order chi connectivity index (χ0) is 10.1. The summed E-state index contributed by atoms with van der Waals surface area (Å²) < 4.78 is 1.84. The van der Waals surface area contributed by atoms with Gasteiger partial charge < -0.3 is 5.73 Å². The predicted molar refractivity (Wildman–Crippen MR) is 55.6 cm³/mol. The molecule has 0 aliphatic heterocycles. The maximum Gasteiger partial charge on any atom is 0.123 e. The summed E-state index contributed by atoms with van der Waals surface area (Å²) in [7, 11) is 1.92. The molecule has 0 saturated heterocycles. The van der Waals surface area contributed by atoms with Crippen LogP contribution in [0.5, 0.6) is 0 Å². The lowest BCUT2D eigenvalue weighted by molar-refractivity contribution is 0.740. The van der Waals surface area contributed by atoms with Gasteiger partial charge in [-0.25, -0.2) is 4.98 Å².